The van der Waals surface area contributed by atoms with Crippen LogP contribution in [0.4, 0.5) is 8.78 Å². The van der Waals surface area contributed by atoms with Crippen molar-refractivity contribution in [1.82, 2.24) is 0 Å². The smallest absolute Gasteiger partial charge is 0.201 e. The molecule has 3 rings (SSSR count). The van der Waals surface area contributed by atoms with E-state index in [2.05, 4.69) is 38.1 Å². The van der Waals surface area contributed by atoms with E-state index in [-0.39, 0.29) is 11.3 Å². The normalized spacial score (nSPS) is 19.1. The van der Waals surface area contributed by atoms with E-state index in [1.807, 2.05) is 12.1 Å². The van der Waals surface area contributed by atoms with Gasteiger partial charge < -0.3 is 4.74 Å². The topological polar surface area (TPSA) is 9.23 Å². The molecule has 1 nitrogen and oxygen atoms in total. The monoisotopic (exact) mass is 426 g/mol. The van der Waals surface area contributed by atoms with E-state index in [9.17, 15) is 8.78 Å². The molecule has 0 saturated heterocycles. The minimum Gasteiger partial charge on any atom is -0.490 e. The lowest BCUT2D eigenvalue weighted by Gasteiger charge is -2.28. The lowest BCUT2D eigenvalue weighted by molar-refractivity contribution is 0.286. The van der Waals surface area contributed by atoms with Crippen LogP contribution in [0, 0.1) is 17.6 Å². The summed E-state index contributed by atoms with van der Waals surface area (Å²) < 4.78 is 34.6. The van der Waals surface area contributed by atoms with Crippen molar-refractivity contribution in [1.29, 1.82) is 0 Å². The highest BCUT2D eigenvalue weighted by molar-refractivity contribution is 5.65. The third-order valence-corrected chi connectivity index (χ3v) is 6.46. The Labute approximate surface area is 186 Å². The maximum Gasteiger partial charge on any atom is 0.201 e. The number of unbranched alkanes of at least 4 members (excludes halogenated alkanes) is 2. The molecule has 0 spiro atoms. The first kappa shape index (κ1) is 23.5. The second-order valence-electron chi connectivity index (χ2n) is 8.75. The molecule has 0 amide bonds. The largest absolute Gasteiger partial charge is 0.490 e. The molecule has 31 heavy (non-hydrogen) atoms. The number of ether oxygens (including phenoxy) is 1. The van der Waals surface area contributed by atoms with Gasteiger partial charge in [-0.1, -0.05) is 63.1 Å². The summed E-state index contributed by atoms with van der Waals surface area (Å²) in [5.74, 6) is -0.353. The van der Waals surface area contributed by atoms with Crippen molar-refractivity contribution < 1.29 is 13.5 Å². The summed E-state index contributed by atoms with van der Waals surface area (Å²) in [7, 11) is 0. The van der Waals surface area contributed by atoms with Crippen LogP contribution >= 0.6 is 0 Å². The van der Waals surface area contributed by atoms with Gasteiger partial charge in [0.05, 0.1) is 6.61 Å². The summed E-state index contributed by atoms with van der Waals surface area (Å²) in [5.41, 5.74) is 2.30. The summed E-state index contributed by atoms with van der Waals surface area (Å²) in [6.07, 6.45) is 14.8. The Morgan fingerprint density at radius 2 is 1.61 bits per heavy atom. The molecule has 2 aromatic rings. The predicted octanol–water partition coefficient (Wildman–Crippen LogP) is 8.83. The van der Waals surface area contributed by atoms with Gasteiger partial charge in [-0.05, 0) is 80.0 Å². The summed E-state index contributed by atoms with van der Waals surface area (Å²) >= 11 is 0. The van der Waals surface area contributed by atoms with Crippen molar-refractivity contribution in [2.75, 3.05) is 6.61 Å². The fourth-order valence-electron chi connectivity index (χ4n) is 4.52. The molecule has 3 heteroatoms. The van der Waals surface area contributed by atoms with Gasteiger partial charge in [0.25, 0.3) is 0 Å². The predicted molar refractivity (Wildman–Crippen MR) is 126 cm³/mol. The quantitative estimate of drug-likeness (QED) is 0.272. The van der Waals surface area contributed by atoms with Crippen molar-refractivity contribution >= 4 is 0 Å². The van der Waals surface area contributed by atoms with Crippen molar-refractivity contribution in [3.05, 3.63) is 65.7 Å². The molecule has 0 atom stereocenters. The molecule has 0 unspecified atom stereocenters. The van der Waals surface area contributed by atoms with Crippen LogP contribution in [0.2, 0.25) is 0 Å². The lowest BCUT2D eigenvalue weighted by atomic mass is 9.77. The summed E-state index contributed by atoms with van der Waals surface area (Å²) in [6.45, 7) is 4.68. The highest BCUT2D eigenvalue weighted by atomic mass is 19.2. The Morgan fingerprint density at radius 3 is 2.29 bits per heavy atom. The Morgan fingerprint density at radius 1 is 0.871 bits per heavy atom. The van der Waals surface area contributed by atoms with Gasteiger partial charge in [-0.15, -0.1) is 0 Å². The SMILES string of the molecule is CC/C=C\CC1CCC(c2ccc(-c3ccc(OCCCCC)c(F)c3F)cc2)CC1. The third-order valence-electron chi connectivity index (χ3n) is 6.46. The number of allylic oxidation sites excluding steroid dienone is 2. The first-order chi connectivity index (χ1) is 15.1. The zero-order valence-corrected chi connectivity index (χ0v) is 19.0. The molecule has 1 aliphatic rings. The molecule has 0 bridgehead atoms. The van der Waals surface area contributed by atoms with E-state index < -0.39 is 11.6 Å². The van der Waals surface area contributed by atoms with Crippen LogP contribution in [-0.4, -0.2) is 6.61 Å². The van der Waals surface area contributed by atoms with Crippen LogP contribution in [-0.2, 0) is 0 Å². The second-order valence-corrected chi connectivity index (χ2v) is 8.75. The molecule has 168 valence electrons. The highest BCUT2D eigenvalue weighted by Crippen LogP contribution is 2.38. The summed E-state index contributed by atoms with van der Waals surface area (Å²) in [5, 5.41) is 0. The van der Waals surface area contributed by atoms with Gasteiger partial charge in [-0.3, -0.25) is 0 Å². The van der Waals surface area contributed by atoms with E-state index in [4.69, 9.17) is 4.74 Å². The van der Waals surface area contributed by atoms with Gasteiger partial charge in [0.2, 0.25) is 5.82 Å². The Balaban J connectivity index is 1.61. The summed E-state index contributed by atoms with van der Waals surface area (Å²) in [4.78, 5) is 0. The highest BCUT2D eigenvalue weighted by Gasteiger charge is 2.22. The average molecular weight is 427 g/mol. The molecule has 1 aliphatic carbocycles. The Kier molecular flexibility index (Phi) is 9.12. The maximum atomic E-state index is 14.7. The van der Waals surface area contributed by atoms with Gasteiger partial charge in [-0.2, -0.15) is 4.39 Å². The van der Waals surface area contributed by atoms with Crippen molar-refractivity contribution in [2.45, 2.75) is 77.6 Å². The molecule has 0 aliphatic heterocycles. The number of hydrogen-bond acceptors (Lipinski definition) is 1. The van der Waals surface area contributed by atoms with Crippen LogP contribution in [0.3, 0.4) is 0 Å². The molecule has 0 N–H and O–H groups in total. The van der Waals surface area contributed by atoms with E-state index in [1.165, 1.54) is 37.7 Å². The van der Waals surface area contributed by atoms with E-state index in [0.29, 0.717) is 18.1 Å². The molecule has 1 fully saturated rings. The minimum atomic E-state index is -0.895. The van der Waals surface area contributed by atoms with Crippen LogP contribution in [0.15, 0.2) is 48.6 Å². The lowest BCUT2D eigenvalue weighted by Crippen LogP contribution is -2.12. The van der Waals surface area contributed by atoms with Crippen molar-refractivity contribution in [3.8, 4) is 16.9 Å². The fourth-order valence-corrected chi connectivity index (χ4v) is 4.52. The fraction of sp³-hybridized carbons (Fsp3) is 0.500. The Bertz CT molecular complexity index is 833. The molecule has 1 saturated carbocycles. The molecule has 2 aromatic carbocycles. The van der Waals surface area contributed by atoms with Gasteiger partial charge in [-0.25, -0.2) is 4.39 Å². The van der Waals surface area contributed by atoms with Crippen LogP contribution in [0.1, 0.15) is 83.1 Å². The third kappa shape index (κ3) is 6.41. The van der Waals surface area contributed by atoms with Gasteiger partial charge in [0, 0.05) is 5.56 Å². The van der Waals surface area contributed by atoms with Crippen molar-refractivity contribution in [2.24, 2.45) is 5.92 Å². The number of rotatable bonds is 10. The molecular formula is C28H36F2O. The molecule has 0 aromatic heterocycles. The van der Waals surface area contributed by atoms with E-state index in [1.54, 1.807) is 12.1 Å². The van der Waals surface area contributed by atoms with Crippen LogP contribution < -0.4 is 4.74 Å². The van der Waals surface area contributed by atoms with Gasteiger partial charge in [0.15, 0.2) is 11.6 Å². The first-order valence-electron chi connectivity index (χ1n) is 12.0. The zero-order valence-electron chi connectivity index (χ0n) is 19.0. The standard InChI is InChI=1S/C28H36F2O/c1-3-5-7-9-21-10-12-22(13-11-21)23-14-16-24(17-15-23)25-18-19-26(28(30)27(25)29)31-20-8-6-4-2/h5,7,14-19,21-22H,3-4,6,8-13,20H2,1-2H3/b7-5-. The number of hydrogen-bond donors (Lipinski definition) is 0. The molecule has 0 heterocycles. The van der Waals surface area contributed by atoms with Gasteiger partial charge >= 0.3 is 0 Å². The first-order valence-corrected chi connectivity index (χ1v) is 12.0. The maximum absolute atomic E-state index is 14.7. The van der Waals surface area contributed by atoms with Crippen LogP contribution in [0.25, 0.3) is 11.1 Å². The molecular weight excluding hydrogens is 390 g/mol. The Hall–Kier alpha value is -2.16. The second kappa shape index (κ2) is 12.0. The summed E-state index contributed by atoms with van der Waals surface area (Å²) in [6, 6.07) is 11.2. The molecule has 0 radical (unpaired) electrons. The number of halogens is 2. The minimum absolute atomic E-state index is 0.000449. The van der Waals surface area contributed by atoms with E-state index >= 15 is 0 Å². The van der Waals surface area contributed by atoms with Gasteiger partial charge in [0.1, 0.15) is 0 Å². The zero-order chi connectivity index (χ0) is 22.1. The average Bonchev–Trinajstić information content (AvgIpc) is 2.80. The van der Waals surface area contributed by atoms with Crippen molar-refractivity contribution in [3.63, 3.8) is 0 Å². The van der Waals surface area contributed by atoms with E-state index in [0.717, 1.165) is 31.6 Å². The number of benzene rings is 2. The van der Waals surface area contributed by atoms with Crippen LogP contribution in [0.5, 0.6) is 5.75 Å².